The lowest BCUT2D eigenvalue weighted by molar-refractivity contribution is 0.286. The predicted octanol–water partition coefficient (Wildman–Crippen LogP) is 4.44. The van der Waals surface area contributed by atoms with E-state index in [0.717, 1.165) is 23.3 Å². The Labute approximate surface area is 184 Å². The van der Waals surface area contributed by atoms with Crippen molar-refractivity contribution in [3.05, 3.63) is 59.2 Å². The molecule has 2 aromatic rings. The smallest absolute Gasteiger partial charge is 0.191 e. The minimum atomic E-state index is -0.333. The van der Waals surface area contributed by atoms with Gasteiger partial charge < -0.3 is 15.4 Å². The summed E-state index contributed by atoms with van der Waals surface area (Å²) in [6.45, 7) is 7.93. The number of ether oxygens (including phenoxy) is 1. The average molecular weight is 500 g/mol. The van der Waals surface area contributed by atoms with Crippen LogP contribution < -0.4 is 15.4 Å². The SMILES string of the molecule is CN=C(NCc1ccc(C)cc1OCCC(C)C)NCc1ncccc1F.I. The molecule has 28 heavy (non-hydrogen) atoms. The van der Waals surface area contributed by atoms with Crippen LogP contribution in [0.4, 0.5) is 4.39 Å². The Morgan fingerprint density at radius 3 is 2.64 bits per heavy atom. The maximum absolute atomic E-state index is 13.7. The van der Waals surface area contributed by atoms with Gasteiger partial charge in [-0.3, -0.25) is 9.98 Å². The molecule has 0 amide bonds. The van der Waals surface area contributed by atoms with Gasteiger partial charge in [0.2, 0.25) is 0 Å². The Morgan fingerprint density at radius 1 is 1.21 bits per heavy atom. The molecule has 0 aliphatic rings. The summed E-state index contributed by atoms with van der Waals surface area (Å²) < 4.78 is 19.7. The number of rotatable bonds is 8. The van der Waals surface area contributed by atoms with Gasteiger partial charge in [0.15, 0.2) is 5.96 Å². The summed E-state index contributed by atoms with van der Waals surface area (Å²) in [5.74, 6) is 1.73. The van der Waals surface area contributed by atoms with E-state index in [2.05, 4.69) is 59.6 Å². The molecule has 5 nitrogen and oxygen atoms in total. The first-order valence-electron chi connectivity index (χ1n) is 9.25. The molecule has 0 aliphatic heterocycles. The van der Waals surface area contributed by atoms with Gasteiger partial charge in [-0.05, 0) is 43.0 Å². The summed E-state index contributed by atoms with van der Waals surface area (Å²) in [5.41, 5.74) is 2.57. The van der Waals surface area contributed by atoms with Crippen LogP contribution in [0.3, 0.4) is 0 Å². The van der Waals surface area contributed by atoms with E-state index in [1.165, 1.54) is 6.07 Å². The fraction of sp³-hybridized carbons (Fsp3) is 0.429. The van der Waals surface area contributed by atoms with Crippen LogP contribution in [0.15, 0.2) is 41.5 Å². The van der Waals surface area contributed by atoms with Crippen LogP contribution in [-0.2, 0) is 13.1 Å². The van der Waals surface area contributed by atoms with Crippen molar-refractivity contribution >= 4 is 29.9 Å². The Bertz CT molecular complexity index is 768. The second kappa shape index (κ2) is 12.5. The van der Waals surface area contributed by atoms with E-state index in [0.29, 0.717) is 30.7 Å². The highest BCUT2D eigenvalue weighted by molar-refractivity contribution is 14.0. The second-order valence-corrected chi connectivity index (χ2v) is 6.85. The van der Waals surface area contributed by atoms with Gasteiger partial charge >= 0.3 is 0 Å². The van der Waals surface area contributed by atoms with Crippen molar-refractivity contribution in [3.63, 3.8) is 0 Å². The first-order chi connectivity index (χ1) is 13.0. The topological polar surface area (TPSA) is 58.5 Å². The lowest BCUT2D eigenvalue weighted by Gasteiger charge is -2.16. The molecule has 0 atom stereocenters. The highest BCUT2D eigenvalue weighted by Gasteiger charge is 2.08. The van der Waals surface area contributed by atoms with Crippen molar-refractivity contribution in [3.8, 4) is 5.75 Å². The summed E-state index contributed by atoms with van der Waals surface area (Å²) in [5, 5.41) is 6.32. The molecule has 0 spiro atoms. The Balaban J connectivity index is 0.00000392. The monoisotopic (exact) mass is 500 g/mol. The third kappa shape index (κ3) is 8.00. The summed E-state index contributed by atoms with van der Waals surface area (Å²) >= 11 is 0. The van der Waals surface area contributed by atoms with Crippen LogP contribution in [0.5, 0.6) is 5.75 Å². The molecule has 0 unspecified atom stereocenters. The number of nitrogens with one attached hydrogen (secondary N) is 2. The molecule has 0 saturated heterocycles. The first kappa shape index (κ1) is 24.1. The van der Waals surface area contributed by atoms with E-state index in [9.17, 15) is 4.39 Å². The Morgan fingerprint density at radius 2 is 1.96 bits per heavy atom. The number of halogens is 2. The van der Waals surface area contributed by atoms with Crippen molar-refractivity contribution in [1.82, 2.24) is 15.6 Å². The molecular formula is C21H30FIN4O. The molecule has 0 aliphatic carbocycles. The maximum atomic E-state index is 13.7. The number of aromatic nitrogens is 1. The molecule has 1 heterocycles. The maximum Gasteiger partial charge on any atom is 0.191 e. The number of guanidine groups is 1. The van der Waals surface area contributed by atoms with Gasteiger partial charge in [-0.1, -0.05) is 26.0 Å². The van der Waals surface area contributed by atoms with Crippen LogP contribution in [0.25, 0.3) is 0 Å². The zero-order valence-electron chi connectivity index (χ0n) is 17.0. The zero-order valence-corrected chi connectivity index (χ0v) is 19.3. The number of nitrogens with zero attached hydrogens (tertiary/aromatic N) is 2. The fourth-order valence-corrected chi connectivity index (χ4v) is 2.46. The van der Waals surface area contributed by atoms with Gasteiger partial charge in [0.1, 0.15) is 11.6 Å². The molecule has 0 fully saturated rings. The van der Waals surface area contributed by atoms with Crippen molar-refractivity contribution in [2.75, 3.05) is 13.7 Å². The van der Waals surface area contributed by atoms with Crippen LogP contribution in [0, 0.1) is 18.7 Å². The Kier molecular flexibility index (Phi) is 10.8. The molecule has 154 valence electrons. The number of hydrogen-bond donors (Lipinski definition) is 2. The normalized spacial score (nSPS) is 11.1. The van der Waals surface area contributed by atoms with E-state index in [4.69, 9.17) is 4.74 Å². The highest BCUT2D eigenvalue weighted by Crippen LogP contribution is 2.21. The van der Waals surface area contributed by atoms with E-state index >= 15 is 0 Å². The number of aliphatic imine (C=N–C) groups is 1. The summed E-state index contributed by atoms with van der Waals surface area (Å²) in [6, 6.07) is 9.14. The molecule has 0 bridgehead atoms. The Hall–Kier alpha value is -1.90. The van der Waals surface area contributed by atoms with Crippen LogP contribution in [0.1, 0.15) is 37.1 Å². The quantitative estimate of drug-likeness (QED) is 0.320. The number of pyridine rings is 1. The summed E-state index contributed by atoms with van der Waals surface area (Å²) in [6.07, 6.45) is 2.59. The van der Waals surface area contributed by atoms with Crippen molar-refractivity contribution < 1.29 is 9.13 Å². The average Bonchev–Trinajstić information content (AvgIpc) is 2.64. The van der Waals surface area contributed by atoms with Crippen molar-refractivity contribution in [1.29, 1.82) is 0 Å². The lowest BCUT2D eigenvalue weighted by Crippen LogP contribution is -2.36. The van der Waals surface area contributed by atoms with Gasteiger partial charge in [0, 0.05) is 25.4 Å². The highest BCUT2D eigenvalue weighted by atomic mass is 127. The fourth-order valence-electron chi connectivity index (χ4n) is 2.46. The van der Waals surface area contributed by atoms with Gasteiger partial charge in [-0.2, -0.15) is 0 Å². The number of benzene rings is 1. The van der Waals surface area contributed by atoms with Crippen molar-refractivity contribution in [2.24, 2.45) is 10.9 Å². The van der Waals surface area contributed by atoms with Gasteiger partial charge in [0.05, 0.1) is 18.8 Å². The van der Waals surface area contributed by atoms with Crippen LogP contribution in [-0.4, -0.2) is 24.6 Å². The standard InChI is InChI=1S/C21H29FN4O.HI/c1-15(2)9-11-27-20-12-16(3)7-8-17(20)13-25-21(23-4)26-14-19-18(22)6-5-10-24-19;/h5-8,10,12,15H,9,11,13-14H2,1-4H3,(H2,23,25,26);1H. The van der Waals surface area contributed by atoms with E-state index in [1.807, 2.05) is 0 Å². The molecule has 1 aromatic heterocycles. The molecule has 0 saturated carbocycles. The lowest BCUT2D eigenvalue weighted by atomic mass is 10.1. The van der Waals surface area contributed by atoms with E-state index in [1.54, 1.807) is 19.3 Å². The minimum absolute atomic E-state index is 0. The summed E-state index contributed by atoms with van der Waals surface area (Å²) in [7, 11) is 1.68. The van der Waals surface area contributed by atoms with Crippen LogP contribution in [0.2, 0.25) is 0 Å². The third-order valence-electron chi connectivity index (χ3n) is 4.10. The largest absolute Gasteiger partial charge is 0.493 e. The van der Waals surface area contributed by atoms with Gasteiger partial charge in [-0.25, -0.2) is 4.39 Å². The molecule has 0 radical (unpaired) electrons. The summed E-state index contributed by atoms with van der Waals surface area (Å²) in [4.78, 5) is 8.22. The number of aryl methyl sites for hydroxylation is 1. The molecule has 7 heteroatoms. The van der Waals surface area contributed by atoms with Gasteiger partial charge in [0.25, 0.3) is 0 Å². The van der Waals surface area contributed by atoms with Gasteiger partial charge in [-0.15, -0.1) is 24.0 Å². The number of hydrogen-bond acceptors (Lipinski definition) is 3. The molecule has 1 aromatic carbocycles. The molecule has 2 N–H and O–H groups in total. The minimum Gasteiger partial charge on any atom is -0.493 e. The second-order valence-electron chi connectivity index (χ2n) is 6.85. The predicted molar refractivity (Wildman–Crippen MR) is 123 cm³/mol. The van der Waals surface area contributed by atoms with E-state index < -0.39 is 0 Å². The molecular weight excluding hydrogens is 470 g/mol. The molecule has 2 rings (SSSR count). The third-order valence-corrected chi connectivity index (χ3v) is 4.10. The zero-order chi connectivity index (χ0) is 19.6. The van der Waals surface area contributed by atoms with E-state index in [-0.39, 0.29) is 36.3 Å². The first-order valence-corrected chi connectivity index (χ1v) is 9.25. The van der Waals surface area contributed by atoms with Crippen LogP contribution >= 0.6 is 24.0 Å². The van der Waals surface area contributed by atoms with Crippen molar-refractivity contribution in [2.45, 2.75) is 40.3 Å².